The van der Waals surface area contributed by atoms with E-state index in [0.717, 1.165) is 50.5 Å². The summed E-state index contributed by atoms with van der Waals surface area (Å²) in [6.07, 6.45) is 11.5. The highest BCUT2D eigenvalue weighted by Crippen LogP contribution is 2.60. The monoisotopic (exact) mass is 476 g/mol. The van der Waals surface area contributed by atoms with Gasteiger partial charge in [0.2, 0.25) is 0 Å². The van der Waals surface area contributed by atoms with Crippen LogP contribution in [0.1, 0.15) is 70.6 Å². The van der Waals surface area contributed by atoms with Crippen LogP contribution in [0.2, 0.25) is 0 Å². The van der Waals surface area contributed by atoms with Crippen LogP contribution in [-0.2, 0) is 20.7 Å². The highest BCUT2D eigenvalue weighted by atomic mass is 16.5. The lowest BCUT2D eigenvalue weighted by atomic mass is 9.49. The SMILES string of the molecule is COC(=O)[C@@]1(C)CCC[C@]2(C)C(CCc3ccoc3/C=C/C(=O)Oc3ccccc3)=C(C)CC[C@@H]12. The van der Waals surface area contributed by atoms with Crippen LogP contribution in [0, 0.1) is 16.7 Å². The number of methoxy groups -OCH3 is 1. The fraction of sp³-hybridized carbons (Fsp3) is 0.467. The molecule has 1 saturated carbocycles. The van der Waals surface area contributed by atoms with Gasteiger partial charge < -0.3 is 13.9 Å². The zero-order chi connectivity index (χ0) is 25.1. The lowest BCUT2D eigenvalue weighted by Crippen LogP contribution is -2.50. The number of furan rings is 1. The number of hydrogen-bond donors (Lipinski definition) is 0. The number of allylic oxidation sites excluding steroid dienone is 2. The Morgan fingerprint density at radius 1 is 1.11 bits per heavy atom. The minimum atomic E-state index is -0.441. The van der Waals surface area contributed by atoms with Crippen LogP contribution < -0.4 is 4.74 Å². The summed E-state index contributed by atoms with van der Waals surface area (Å²) in [5, 5.41) is 0. The third kappa shape index (κ3) is 5.00. The van der Waals surface area contributed by atoms with Crippen molar-refractivity contribution in [3.63, 3.8) is 0 Å². The van der Waals surface area contributed by atoms with Crippen molar-refractivity contribution >= 4 is 18.0 Å². The molecule has 186 valence electrons. The van der Waals surface area contributed by atoms with Crippen LogP contribution in [-0.4, -0.2) is 19.0 Å². The Kier molecular flexibility index (Phi) is 7.34. The van der Waals surface area contributed by atoms with Gasteiger partial charge in [-0.15, -0.1) is 0 Å². The number of benzene rings is 1. The zero-order valence-electron chi connectivity index (χ0n) is 21.3. The van der Waals surface area contributed by atoms with Gasteiger partial charge in [-0.1, -0.05) is 42.7 Å². The molecule has 1 heterocycles. The summed E-state index contributed by atoms with van der Waals surface area (Å²) in [6.45, 7) is 6.70. The van der Waals surface area contributed by atoms with E-state index in [0.29, 0.717) is 11.5 Å². The summed E-state index contributed by atoms with van der Waals surface area (Å²) in [7, 11) is 1.51. The predicted octanol–water partition coefficient (Wildman–Crippen LogP) is 6.93. The average Bonchev–Trinajstić information content (AvgIpc) is 3.29. The Labute approximate surface area is 208 Å². The topological polar surface area (TPSA) is 65.7 Å². The van der Waals surface area contributed by atoms with Crippen LogP contribution in [0.3, 0.4) is 0 Å². The van der Waals surface area contributed by atoms with Crippen molar-refractivity contribution < 1.29 is 23.5 Å². The van der Waals surface area contributed by atoms with Crippen LogP contribution >= 0.6 is 0 Å². The van der Waals surface area contributed by atoms with E-state index in [9.17, 15) is 9.59 Å². The second-order valence-electron chi connectivity index (χ2n) is 10.4. The Hall–Kier alpha value is -3.08. The number of para-hydroxylation sites is 1. The molecule has 0 saturated heterocycles. The van der Waals surface area contributed by atoms with Gasteiger partial charge in [0.15, 0.2) is 0 Å². The van der Waals surface area contributed by atoms with Crippen LogP contribution in [0.5, 0.6) is 5.75 Å². The van der Waals surface area contributed by atoms with Gasteiger partial charge in [0, 0.05) is 6.08 Å². The molecule has 2 aliphatic rings. The maximum Gasteiger partial charge on any atom is 0.336 e. The number of esters is 2. The molecule has 2 aromatic rings. The number of rotatable bonds is 7. The first kappa shape index (κ1) is 25.0. The lowest BCUT2D eigenvalue weighted by Gasteiger charge is -2.54. The van der Waals surface area contributed by atoms with Crippen LogP contribution in [0.25, 0.3) is 6.08 Å². The number of aryl methyl sites for hydroxylation is 1. The molecule has 0 amide bonds. The zero-order valence-corrected chi connectivity index (χ0v) is 21.3. The fourth-order valence-corrected chi connectivity index (χ4v) is 6.59. The normalized spacial score (nSPS) is 26.5. The molecule has 0 aliphatic heterocycles. The largest absolute Gasteiger partial charge is 0.469 e. The Morgan fingerprint density at radius 2 is 1.89 bits per heavy atom. The number of fused-ring (bicyclic) bond motifs is 1. The number of carbonyl (C=O) groups is 2. The van der Waals surface area contributed by atoms with Gasteiger partial charge in [-0.3, -0.25) is 4.79 Å². The van der Waals surface area contributed by atoms with Crippen molar-refractivity contribution in [2.75, 3.05) is 7.11 Å². The van der Waals surface area contributed by atoms with Gasteiger partial charge in [0.05, 0.1) is 18.8 Å². The molecule has 1 aromatic heterocycles. The summed E-state index contributed by atoms with van der Waals surface area (Å²) in [4.78, 5) is 25.0. The number of hydrogen-bond acceptors (Lipinski definition) is 5. The molecular weight excluding hydrogens is 440 g/mol. The minimum absolute atomic E-state index is 0.0112. The molecule has 3 atom stereocenters. The summed E-state index contributed by atoms with van der Waals surface area (Å²) in [5.74, 6) is 0.956. The Morgan fingerprint density at radius 3 is 2.63 bits per heavy atom. The van der Waals surface area contributed by atoms with Gasteiger partial charge in [-0.2, -0.15) is 0 Å². The second kappa shape index (κ2) is 10.3. The summed E-state index contributed by atoms with van der Waals surface area (Å²) >= 11 is 0. The number of carbonyl (C=O) groups excluding carboxylic acids is 2. The maximum absolute atomic E-state index is 12.8. The van der Waals surface area contributed by atoms with Crippen molar-refractivity contribution in [2.24, 2.45) is 16.7 Å². The summed E-state index contributed by atoms with van der Waals surface area (Å²) < 4.78 is 16.3. The summed E-state index contributed by atoms with van der Waals surface area (Å²) in [6, 6.07) is 11.0. The highest BCUT2D eigenvalue weighted by Gasteiger charge is 2.55. The Bertz CT molecular complexity index is 1120. The Balaban J connectivity index is 1.48. The van der Waals surface area contributed by atoms with Crippen molar-refractivity contribution in [3.05, 3.63) is 71.2 Å². The van der Waals surface area contributed by atoms with Crippen molar-refractivity contribution in [2.45, 2.75) is 65.7 Å². The van der Waals surface area contributed by atoms with Crippen molar-refractivity contribution in [1.29, 1.82) is 0 Å². The molecule has 5 heteroatoms. The molecule has 0 bridgehead atoms. The van der Waals surface area contributed by atoms with E-state index < -0.39 is 11.4 Å². The smallest absolute Gasteiger partial charge is 0.336 e. The number of ether oxygens (including phenoxy) is 2. The molecule has 0 spiro atoms. The standard InChI is InChI=1S/C30H36O5/c1-21-11-15-26-29(2,18-8-19-30(26,3)28(32)33-4)24(21)13-12-22-17-20-34-25(22)14-16-27(31)35-23-9-6-5-7-10-23/h5-7,9-10,14,16-17,20,26H,8,11-13,15,18-19H2,1-4H3/b16-14+/t26-,29-,30+/m1/s1. The third-order valence-corrected chi connectivity index (χ3v) is 8.35. The van der Waals surface area contributed by atoms with E-state index in [2.05, 4.69) is 20.8 Å². The van der Waals surface area contributed by atoms with Gasteiger partial charge in [-0.25, -0.2) is 4.79 Å². The molecule has 0 unspecified atom stereocenters. The van der Waals surface area contributed by atoms with E-state index in [1.165, 1.54) is 24.3 Å². The van der Waals surface area contributed by atoms with Gasteiger partial charge in [0.25, 0.3) is 0 Å². The summed E-state index contributed by atoms with van der Waals surface area (Å²) in [5.41, 5.74) is 3.54. The first-order valence-corrected chi connectivity index (χ1v) is 12.6. The average molecular weight is 477 g/mol. The lowest BCUT2D eigenvalue weighted by molar-refractivity contribution is -0.163. The van der Waals surface area contributed by atoms with Gasteiger partial charge in [0.1, 0.15) is 11.5 Å². The van der Waals surface area contributed by atoms with E-state index in [-0.39, 0.29) is 17.3 Å². The van der Waals surface area contributed by atoms with E-state index in [1.807, 2.05) is 24.3 Å². The molecule has 0 N–H and O–H groups in total. The fourth-order valence-electron chi connectivity index (χ4n) is 6.59. The van der Waals surface area contributed by atoms with E-state index in [4.69, 9.17) is 13.9 Å². The third-order valence-electron chi connectivity index (χ3n) is 8.35. The molecule has 1 fully saturated rings. The maximum atomic E-state index is 12.8. The molecular formula is C30H36O5. The van der Waals surface area contributed by atoms with Crippen molar-refractivity contribution in [1.82, 2.24) is 0 Å². The quantitative estimate of drug-likeness (QED) is 0.188. The predicted molar refractivity (Wildman–Crippen MR) is 136 cm³/mol. The molecule has 2 aliphatic carbocycles. The minimum Gasteiger partial charge on any atom is -0.469 e. The van der Waals surface area contributed by atoms with E-state index in [1.54, 1.807) is 24.5 Å². The molecule has 0 radical (unpaired) electrons. The van der Waals surface area contributed by atoms with Gasteiger partial charge in [-0.05, 0) is 93.5 Å². The second-order valence-corrected chi connectivity index (χ2v) is 10.4. The van der Waals surface area contributed by atoms with Crippen LogP contribution in [0.4, 0.5) is 0 Å². The highest BCUT2D eigenvalue weighted by molar-refractivity contribution is 5.88. The molecule has 1 aromatic carbocycles. The molecule has 35 heavy (non-hydrogen) atoms. The first-order valence-electron chi connectivity index (χ1n) is 12.6. The first-order chi connectivity index (χ1) is 16.8. The van der Waals surface area contributed by atoms with Crippen molar-refractivity contribution in [3.8, 4) is 5.75 Å². The van der Waals surface area contributed by atoms with E-state index >= 15 is 0 Å². The molecule has 4 rings (SSSR count). The molecule has 5 nitrogen and oxygen atoms in total. The van der Waals surface area contributed by atoms with Crippen LogP contribution in [0.15, 0.2) is 64.3 Å². The van der Waals surface area contributed by atoms with Gasteiger partial charge >= 0.3 is 11.9 Å².